The Morgan fingerprint density at radius 3 is 2.57 bits per heavy atom. The summed E-state index contributed by atoms with van der Waals surface area (Å²) in [5, 5.41) is 0.554. The summed E-state index contributed by atoms with van der Waals surface area (Å²) < 4.78 is 38.1. The molecule has 0 saturated carbocycles. The second-order valence-electron chi connectivity index (χ2n) is 4.91. The first-order valence-electron chi connectivity index (χ1n) is 7.16. The van der Waals surface area contributed by atoms with Crippen LogP contribution in [0.1, 0.15) is 25.1 Å². The number of halogens is 2. The Bertz CT molecular complexity index is 724. The number of aromatic nitrogens is 1. The summed E-state index contributed by atoms with van der Waals surface area (Å²) in [4.78, 5) is 25.0. The van der Waals surface area contributed by atoms with Gasteiger partial charge in [-0.3, -0.25) is 4.79 Å². The van der Waals surface area contributed by atoms with Crippen molar-refractivity contribution in [2.75, 3.05) is 13.2 Å². The smallest absolute Gasteiger partial charge is 0.383 e. The third-order valence-corrected chi connectivity index (χ3v) is 3.32. The number of carbonyl (C=O) groups is 2. The van der Waals surface area contributed by atoms with E-state index >= 15 is 0 Å². The number of ether oxygens (including phenoxy) is 2. The van der Waals surface area contributed by atoms with Gasteiger partial charge in [0.2, 0.25) is 0 Å². The Labute approximate surface area is 131 Å². The summed E-state index contributed by atoms with van der Waals surface area (Å²) >= 11 is 0. The third-order valence-electron chi connectivity index (χ3n) is 3.32. The van der Waals surface area contributed by atoms with E-state index in [0.29, 0.717) is 10.9 Å². The molecule has 0 saturated heterocycles. The molecule has 0 fully saturated rings. The fourth-order valence-electron chi connectivity index (χ4n) is 2.35. The standard InChI is InChI=1S/C16H17F2NO4/c1-3-22-15(21)16(17,18)14-12(8-9-23-10(2)20)11-6-4-5-7-13(11)19-14/h4-7,19H,3,8-9H2,1-2H3. The summed E-state index contributed by atoms with van der Waals surface area (Å²) in [6.07, 6.45) is 0.0634. The average molecular weight is 325 g/mol. The molecular formula is C16H17F2NO4. The lowest BCUT2D eigenvalue weighted by atomic mass is 10.0. The van der Waals surface area contributed by atoms with Gasteiger partial charge in [0, 0.05) is 24.2 Å². The highest BCUT2D eigenvalue weighted by Crippen LogP contribution is 2.35. The molecule has 1 aromatic heterocycles. The molecule has 0 spiro atoms. The van der Waals surface area contributed by atoms with Crippen LogP contribution in [0.25, 0.3) is 10.9 Å². The Morgan fingerprint density at radius 1 is 1.22 bits per heavy atom. The van der Waals surface area contributed by atoms with Gasteiger partial charge in [-0.15, -0.1) is 0 Å². The molecule has 124 valence electrons. The first kappa shape index (κ1) is 16.9. The number of nitrogens with one attached hydrogen (secondary N) is 1. The van der Waals surface area contributed by atoms with Gasteiger partial charge in [-0.05, 0) is 18.6 Å². The van der Waals surface area contributed by atoms with Gasteiger partial charge in [-0.25, -0.2) is 4.79 Å². The molecule has 2 rings (SSSR count). The lowest BCUT2D eigenvalue weighted by molar-refractivity contribution is -0.173. The van der Waals surface area contributed by atoms with Gasteiger partial charge in [-0.2, -0.15) is 8.78 Å². The second-order valence-corrected chi connectivity index (χ2v) is 4.91. The van der Waals surface area contributed by atoms with Crippen LogP contribution in [0.15, 0.2) is 24.3 Å². The molecule has 2 aromatic rings. The topological polar surface area (TPSA) is 68.4 Å². The van der Waals surface area contributed by atoms with E-state index in [2.05, 4.69) is 9.72 Å². The SMILES string of the molecule is CCOC(=O)C(F)(F)c1[nH]c2ccccc2c1CCOC(C)=O. The number of para-hydroxylation sites is 1. The van der Waals surface area contributed by atoms with E-state index in [0.717, 1.165) is 0 Å². The molecule has 0 aliphatic heterocycles. The van der Waals surface area contributed by atoms with E-state index in [4.69, 9.17) is 4.74 Å². The maximum Gasteiger partial charge on any atom is 0.383 e. The molecule has 1 aromatic carbocycles. The average Bonchev–Trinajstić information content (AvgIpc) is 2.87. The van der Waals surface area contributed by atoms with Crippen LogP contribution in [0.4, 0.5) is 8.78 Å². The molecule has 1 heterocycles. The van der Waals surface area contributed by atoms with Gasteiger partial charge in [0.05, 0.1) is 13.2 Å². The summed E-state index contributed by atoms with van der Waals surface area (Å²) in [6, 6.07) is 6.70. The van der Waals surface area contributed by atoms with Crippen LogP contribution < -0.4 is 0 Å². The van der Waals surface area contributed by atoms with Gasteiger partial charge in [-0.1, -0.05) is 18.2 Å². The Morgan fingerprint density at radius 2 is 1.91 bits per heavy atom. The third kappa shape index (κ3) is 3.49. The molecule has 0 bridgehead atoms. The summed E-state index contributed by atoms with van der Waals surface area (Å²) in [7, 11) is 0. The highest BCUT2D eigenvalue weighted by molar-refractivity contribution is 5.88. The number of hydrogen-bond acceptors (Lipinski definition) is 4. The van der Waals surface area contributed by atoms with Crippen LogP contribution in [0, 0.1) is 0 Å². The van der Waals surface area contributed by atoms with Crippen LogP contribution in [-0.4, -0.2) is 30.1 Å². The van der Waals surface area contributed by atoms with Gasteiger partial charge in [0.15, 0.2) is 0 Å². The maximum atomic E-state index is 14.4. The molecule has 23 heavy (non-hydrogen) atoms. The van der Waals surface area contributed by atoms with Crippen LogP contribution in [0.5, 0.6) is 0 Å². The Kier molecular flexibility index (Phi) is 4.98. The first-order valence-corrected chi connectivity index (χ1v) is 7.16. The highest BCUT2D eigenvalue weighted by atomic mass is 19.3. The van der Waals surface area contributed by atoms with E-state index in [1.54, 1.807) is 24.3 Å². The van der Waals surface area contributed by atoms with Gasteiger partial charge in [0.1, 0.15) is 5.69 Å². The van der Waals surface area contributed by atoms with E-state index in [9.17, 15) is 18.4 Å². The predicted molar refractivity (Wildman–Crippen MR) is 79.2 cm³/mol. The number of alkyl halides is 2. The van der Waals surface area contributed by atoms with E-state index in [1.165, 1.54) is 13.8 Å². The zero-order chi connectivity index (χ0) is 17.0. The largest absolute Gasteiger partial charge is 0.466 e. The molecular weight excluding hydrogens is 308 g/mol. The molecule has 0 atom stereocenters. The van der Waals surface area contributed by atoms with Crippen molar-refractivity contribution in [3.8, 4) is 0 Å². The minimum absolute atomic E-state index is 0.0525. The Hall–Kier alpha value is -2.44. The molecule has 1 N–H and O–H groups in total. The highest BCUT2D eigenvalue weighted by Gasteiger charge is 2.46. The van der Waals surface area contributed by atoms with Crippen molar-refractivity contribution in [1.82, 2.24) is 4.98 Å². The van der Waals surface area contributed by atoms with Crippen molar-refractivity contribution in [3.63, 3.8) is 0 Å². The van der Waals surface area contributed by atoms with Crippen molar-refractivity contribution in [3.05, 3.63) is 35.5 Å². The number of benzene rings is 1. The van der Waals surface area contributed by atoms with E-state index < -0.39 is 23.6 Å². The van der Waals surface area contributed by atoms with Crippen molar-refractivity contribution in [2.45, 2.75) is 26.2 Å². The fourth-order valence-corrected chi connectivity index (χ4v) is 2.35. The number of esters is 2. The number of rotatable bonds is 6. The molecule has 7 heteroatoms. The summed E-state index contributed by atoms with van der Waals surface area (Å²) in [5.41, 5.74) is 0.188. The van der Waals surface area contributed by atoms with Gasteiger partial charge >= 0.3 is 17.9 Å². The molecule has 0 amide bonds. The Balaban J connectivity index is 2.45. The lowest BCUT2D eigenvalue weighted by Crippen LogP contribution is -2.30. The second kappa shape index (κ2) is 6.76. The van der Waals surface area contributed by atoms with Gasteiger partial charge < -0.3 is 14.5 Å². The number of fused-ring (bicyclic) bond motifs is 1. The monoisotopic (exact) mass is 325 g/mol. The number of carbonyl (C=O) groups excluding carboxylic acids is 2. The number of H-pyrrole nitrogens is 1. The zero-order valence-electron chi connectivity index (χ0n) is 12.8. The number of aromatic amines is 1. The lowest BCUT2D eigenvalue weighted by Gasteiger charge is -2.15. The van der Waals surface area contributed by atoms with Crippen molar-refractivity contribution >= 4 is 22.8 Å². The molecule has 5 nitrogen and oxygen atoms in total. The molecule has 0 radical (unpaired) electrons. The number of hydrogen-bond donors (Lipinski definition) is 1. The molecule has 0 aliphatic rings. The van der Waals surface area contributed by atoms with Crippen molar-refractivity contribution in [2.24, 2.45) is 0 Å². The van der Waals surface area contributed by atoms with Crippen LogP contribution in [-0.2, 0) is 31.4 Å². The molecule has 0 unspecified atom stereocenters. The summed E-state index contributed by atoms with van der Waals surface area (Å²) in [5.74, 6) is -5.91. The quantitative estimate of drug-likeness (QED) is 0.829. The van der Waals surface area contributed by atoms with Crippen LogP contribution in [0.3, 0.4) is 0 Å². The predicted octanol–water partition coefficient (Wildman–Crippen LogP) is 2.93. The normalized spacial score (nSPS) is 11.5. The van der Waals surface area contributed by atoms with E-state index in [1.807, 2.05) is 0 Å². The van der Waals surface area contributed by atoms with E-state index in [-0.39, 0.29) is 25.2 Å². The minimum Gasteiger partial charge on any atom is -0.466 e. The van der Waals surface area contributed by atoms with Gasteiger partial charge in [0.25, 0.3) is 0 Å². The first-order chi connectivity index (χ1) is 10.9. The maximum absolute atomic E-state index is 14.4. The van der Waals surface area contributed by atoms with Crippen molar-refractivity contribution in [1.29, 1.82) is 0 Å². The minimum atomic E-state index is -3.80. The zero-order valence-corrected chi connectivity index (χ0v) is 12.8. The van der Waals surface area contributed by atoms with Crippen LogP contribution >= 0.6 is 0 Å². The van der Waals surface area contributed by atoms with Crippen molar-refractivity contribution < 1.29 is 27.8 Å². The van der Waals surface area contributed by atoms with Crippen LogP contribution in [0.2, 0.25) is 0 Å². The summed E-state index contributed by atoms with van der Waals surface area (Å²) in [6.45, 7) is 2.50. The molecule has 0 aliphatic carbocycles. The fraction of sp³-hybridized carbons (Fsp3) is 0.375.